The van der Waals surface area contributed by atoms with E-state index in [4.69, 9.17) is 4.98 Å². The predicted molar refractivity (Wildman–Crippen MR) is 103 cm³/mol. The average Bonchev–Trinajstić information content (AvgIpc) is 2.60. The normalized spacial score (nSPS) is 12.5. The van der Waals surface area contributed by atoms with Gasteiger partial charge in [0.15, 0.2) is 5.16 Å². The standard InChI is InChI=1S/C18H18BrN3OS/c1-3-9-22-17(23)15-10-14(19)6-7-16(15)21-18(22)24-12(2)13-5-4-8-20-11-13/h4-8,10-12H,3,9H2,1-2H3. The van der Waals surface area contributed by atoms with Crippen molar-refractivity contribution in [3.63, 3.8) is 0 Å². The lowest BCUT2D eigenvalue weighted by atomic mass is 10.2. The molecule has 0 amide bonds. The zero-order valence-electron chi connectivity index (χ0n) is 13.6. The van der Waals surface area contributed by atoms with Crippen molar-refractivity contribution in [2.45, 2.75) is 37.2 Å². The monoisotopic (exact) mass is 403 g/mol. The maximum atomic E-state index is 12.9. The average molecular weight is 404 g/mol. The van der Waals surface area contributed by atoms with Gasteiger partial charge in [-0.1, -0.05) is 40.7 Å². The topological polar surface area (TPSA) is 47.8 Å². The Balaban J connectivity index is 2.07. The Morgan fingerprint density at radius 2 is 2.17 bits per heavy atom. The van der Waals surface area contributed by atoms with Gasteiger partial charge in [0.2, 0.25) is 0 Å². The third-order valence-corrected chi connectivity index (χ3v) is 5.41. The SMILES string of the molecule is CCCn1c(SC(C)c2cccnc2)nc2ccc(Br)cc2c1=O. The van der Waals surface area contributed by atoms with E-state index in [0.717, 1.165) is 27.1 Å². The van der Waals surface area contributed by atoms with Gasteiger partial charge in [-0.25, -0.2) is 4.98 Å². The Bertz CT molecular complexity index is 911. The van der Waals surface area contributed by atoms with Crippen molar-refractivity contribution < 1.29 is 0 Å². The molecule has 0 bridgehead atoms. The first-order valence-corrected chi connectivity index (χ1v) is 9.54. The van der Waals surface area contributed by atoms with Crippen LogP contribution in [0.25, 0.3) is 10.9 Å². The number of pyridine rings is 1. The first-order chi connectivity index (χ1) is 11.6. The number of fused-ring (bicyclic) bond motifs is 1. The molecule has 0 aliphatic rings. The molecule has 1 aromatic carbocycles. The van der Waals surface area contributed by atoms with Crippen LogP contribution in [-0.2, 0) is 6.54 Å². The lowest BCUT2D eigenvalue weighted by molar-refractivity contribution is 0.584. The minimum Gasteiger partial charge on any atom is -0.287 e. The van der Waals surface area contributed by atoms with Gasteiger partial charge in [0, 0.05) is 28.7 Å². The summed E-state index contributed by atoms with van der Waals surface area (Å²) in [5.74, 6) is 0. The number of aromatic nitrogens is 3. The molecule has 3 aromatic rings. The van der Waals surface area contributed by atoms with Crippen molar-refractivity contribution in [2.24, 2.45) is 0 Å². The van der Waals surface area contributed by atoms with Gasteiger partial charge in [-0.2, -0.15) is 0 Å². The molecular weight excluding hydrogens is 386 g/mol. The lowest BCUT2D eigenvalue weighted by Gasteiger charge is -2.16. The van der Waals surface area contributed by atoms with Gasteiger partial charge in [0.25, 0.3) is 5.56 Å². The van der Waals surface area contributed by atoms with Gasteiger partial charge in [-0.05, 0) is 43.2 Å². The van der Waals surface area contributed by atoms with E-state index in [0.29, 0.717) is 11.9 Å². The van der Waals surface area contributed by atoms with Crippen molar-refractivity contribution in [2.75, 3.05) is 0 Å². The minimum absolute atomic E-state index is 0.0176. The van der Waals surface area contributed by atoms with Gasteiger partial charge in [-0.15, -0.1) is 0 Å². The number of nitrogens with zero attached hydrogens (tertiary/aromatic N) is 3. The first-order valence-electron chi connectivity index (χ1n) is 7.87. The van der Waals surface area contributed by atoms with Gasteiger partial charge < -0.3 is 0 Å². The number of rotatable bonds is 5. The zero-order valence-corrected chi connectivity index (χ0v) is 16.0. The quantitative estimate of drug-likeness (QED) is 0.452. The van der Waals surface area contributed by atoms with E-state index >= 15 is 0 Å². The molecule has 2 heterocycles. The van der Waals surface area contributed by atoms with E-state index in [2.05, 4.69) is 34.8 Å². The van der Waals surface area contributed by atoms with Crippen LogP contribution >= 0.6 is 27.7 Å². The Morgan fingerprint density at radius 1 is 1.33 bits per heavy atom. The molecule has 24 heavy (non-hydrogen) atoms. The van der Waals surface area contributed by atoms with Crippen molar-refractivity contribution in [3.05, 3.63) is 63.1 Å². The second-order valence-corrected chi connectivity index (χ2v) is 7.78. The summed E-state index contributed by atoms with van der Waals surface area (Å²) >= 11 is 5.03. The molecule has 124 valence electrons. The summed E-state index contributed by atoms with van der Waals surface area (Å²) < 4.78 is 2.67. The molecular formula is C18H18BrN3OS. The highest BCUT2D eigenvalue weighted by molar-refractivity contribution is 9.10. The van der Waals surface area contributed by atoms with E-state index in [1.165, 1.54) is 0 Å². The summed E-state index contributed by atoms with van der Waals surface area (Å²) in [7, 11) is 0. The second kappa shape index (κ2) is 7.49. The maximum Gasteiger partial charge on any atom is 0.262 e. The Hall–Kier alpha value is -1.66. The maximum absolute atomic E-state index is 12.9. The van der Waals surface area contributed by atoms with E-state index in [9.17, 15) is 4.79 Å². The molecule has 0 N–H and O–H groups in total. The summed E-state index contributed by atoms with van der Waals surface area (Å²) in [6.07, 6.45) is 4.51. The van der Waals surface area contributed by atoms with Crippen molar-refractivity contribution in [1.82, 2.24) is 14.5 Å². The summed E-state index contributed by atoms with van der Waals surface area (Å²) in [4.78, 5) is 21.8. The summed E-state index contributed by atoms with van der Waals surface area (Å²) in [5, 5.41) is 1.57. The fourth-order valence-corrected chi connectivity index (χ4v) is 3.93. The van der Waals surface area contributed by atoms with Gasteiger partial charge >= 0.3 is 0 Å². The fraction of sp³-hybridized carbons (Fsp3) is 0.278. The molecule has 0 saturated carbocycles. The molecule has 0 radical (unpaired) electrons. The van der Waals surface area contributed by atoms with E-state index in [-0.39, 0.29) is 10.8 Å². The van der Waals surface area contributed by atoms with Gasteiger partial charge in [0.1, 0.15) is 0 Å². The van der Waals surface area contributed by atoms with Crippen LogP contribution in [0.3, 0.4) is 0 Å². The van der Waals surface area contributed by atoms with Crippen LogP contribution in [0.15, 0.2) is 57.1 Å². The third-order valence-electron chi connectivity index (χ3n) is 3.76. The molecule has 1 unspecified atom stereocenters. The highest BCUT2D eigenvalue weighted by atomic mass is 79.9. The highest BCUT2D eigenvalue weighted by Gasteiger charge is 2.15. The van der Waals surface area contributed by atoms with E-state index < -0.39 is 0 Å². The molecule has 3 rings (SSSR count). The van der Waals surface area contributed by atoms with Crippen molar-refractivity contribution in [3.8, 4) is 0 Å². The molecule has 0 spiro atoms. The summed E-state index contributed by atoms with van der Waals surface area (Å²) in [5.41, 5.74) is 1.87. The number of thioether (sulfide) groups is 1. The number of benzene rings is 1. The van der Waals surface area contributed by atoms with Gasteiger partial charge in [0.05, 0.1) is 10.9 Å². The van der Waals surface area contributed by atoms with Crippen LogP contribution in [0.5, 0.6) is 0 Å². The van der Waals surface area contributed by atoms with Crippen LogP contribution in [0.2, 0.25) is 0 Å². The smallest absolute Gasteiger partial charge is 0.262 e. The molecule has 0 fully saturated rings. The molecule has 0 saturated heterocycles. The van der Waals surface area contributed by atoms with Crippen LogP contribution in [-0.4, -0.2) is 14.5 Å². The molecule has 0 aliphatic carbocycles. The largest absolute Gasteiger partial charge is 0.287 e. The number of hydrogen-bond donors (Lipinski definition) is 0. The van der Waals surface area contributed by atoms with Crippen LogP contribution in [0.4, 0.5) is 0 Å². The molecule has 1 atom stereocenters. The molecule has 2 aromatic heterocycles. The van der Waals surface area contributed by atoms with Crippen LogP contribution in [0.1, 0.15) is 31.1 Å². The lowest BCUT2D eigenvalue weighted by Crippen LogP contribution is -2.23. The van der Waals surface area contributed by atoms with Crippen LogP contribution in [0, 0.1) is 0 Å². The molecule has 4 nitrogen and oxygen atoms in total. The van der Waals surface area contributed by atoms with Crippen molar-refractivity contribution >= 4 is 38.6 Å². The second-order valence-electron chi connectivity index (χ2n) is 5.56. The number of hydrogen-bond acceptors (Lipinski definition) is 4. The summed E-state index contributed by atoms with van der Waals surface area (Å²) in [6, 6.07) is 9.62. The minimum atomic E-state index is 0.0176. The Morgan fingerprint density at radius 3 is 2.88 bits per heavy atom. The predicted octanol–water partition coefficient (Wildman–Crippen LogP) is 4.82. The Kier molecular flexibility index (Phi) is 5.36. The fourth-order valence-electron chi connectivity index (χ4n) is 2.53. The molecule has 6 heteroatoms. The van der Waals surface area contributed by atoms with Gasteiger partial charge in [-0.3, -0.25) is 14.3 Å². The van der Waals surface area contributed by atoms with E-state index in [1.807, 2.05) is 36.5 Å². The third kappa shape index (κ3) is 3.54. The molecule has 0 aliphatic heterocycles. The summed E-state index contributed by atoms with van der Waals surface area (Å²) in [6.45, 7) is 4.84. The van der Waals surface area contributed by atoms with Crippen LogP contribution < -0.4 is 5.56 Å². The number of halogens is 1. The Labute approximate surface area is 153 Å². The highest BCUT2D eigenvalue weighted by Crippen LogP contribution is 2.33. The van der Waals surface area contributed by atoms with E-state index in [1.54, 1.807) is 22.5 Å². The zero-order chi connectivity index (χ0) is 17.1. The van der Waals surface area contributed by atoms with Crippen molar-refractivity contribution in [1.29, 1.82) is 0 Å². The first kappa shape index (κ1) is 17.2.